The fourth-order valence-corrected chi connectivity index (χ4v) is 3.58. The van der Waals surface area contributed by atoms with Gasteiger partial charge >= 0.3 is 0 Å². The molecule has 0 unspecified atom stereocenters. The summed E-state index contributed by atoms with van der Waals surface area (Å²) in [5.74, 6) is 1.06. The van der Waals surface area contributed by atoms with Gasteiger partial charge in [0, 0.05) is 32.0 Å². The van der Waals surface area contributed by atoms with Crippen LogP contribution in [0.15, 0.2) is 49.6 Å². The molecule has 30 heavy (non-hydrogen) atoms. The van der Waals surface area contributed by atoms with E-state index in [2.05, 4.69) is 18.5 Å². The monoisotopic (exact) mass is 410 g/mol. The van der Waals surface area contributed by atoms with E-state index in [-0.39, 0.29) is 24.3 Å². The molecule has 2 rings (SSSR count). The Labute approximate surface area is 179 Å². The highest BCUT2D eigenvalue weighted by atomic mass is 16.2. The molecule has 0 bridgehead atoms. The quantitative estimate of drug-likeness (QED) is 0.404. The van der Waals surface area contributed by atoms with Crippen LogP contribution in [0.4, 0.5) is 0 Å². The highest BCUT2D eigenvalue weighted by Crippen LogP contribution is 2.18. The summed E-state index contributed by atoms with van der Waals surface area (Å²) >= 11 is 0. The molecule has 0 saturated carbocycles. The van der Waals surface area contributed by atoms with Gasteiger partial charge in [0.1, 0.15) is 12.4 Å². The summed E-state index contributed by atoms with van der Waals surface area (Å²) in [7, 11) is 0. The van der Waals surface area contributed by atoms with Crippen molar-refractivity contribution in [2.75, 3.05) is 19.6 Å². The third kappa shape index (κ3) is 6.05. The number of imidazole rings is 1. The van der Waals surface area contributed by atoms with Gasteiger partial charge in [-0.1, -0.05) is 38.1 Å². The first-order chi connectivity index (χ1) is 14.5. The number of carbonyl (C=O) groups is 2. The van der Waals surface area contributed by atoms with Gasteiger partial charge in [0.05, 0.1) is 11.0 Å². The number of hydrogen-bond acceptors (Lipinski definition) is 3. The standard InChI is InChI=1S/C24H34N4O2/c1-5-16-27(17-6-2)23(29)18-28-21-13-10-9-12-20(21)26-22(28)14-11-15-25-24(30)19(7-3)8-4/h5-6,9-10,12-13,19H,1-2,7-8,11,14-18H2,3-4H3,(H,25,30). The van der Waals surface area contributed by atoms with Crippen molar-refractivity contribution < 1.29 is 9.59 Å². The maximum absolute atomic E-state index is 12.9. The van der Waals surface area contributed by atoms with Crippen LogP contribution in [0.5, 0.6) is 0 Å². The molecule has 0 aliphatic heterocycles. The number of nitrogens with zero attached hydrogens (tertiary/aromatic N) is 3. The first kappa shape index (κ1) is 23.4. The number of aromatic nitrogens is 2. The van der Waals surface area contributed by atoms with Crippen LogP contribution in [0.2, 0.25) is 0 Å². The molecule has 0 spiro atoms. The number of hydrogen-bond donors (Lipinski definition) is 1. The molecule has 162 valence electrons. The molecule has 1 N–H and O–H groups in total. The van der Waals surface area contributed by atoms with E-state index in [1.165, 1.54) is 0 Å². The van der Waals surface area contributed by atoms with Crippen LogP contribution in [0, 0.1) is 5.92 Å². The van der Waals surface area contributed by atoms with E-state index < -0.39 is 0 Å². The van der Waals surface area contributed by atoms with E-state index in [0.29, 0.717) is 26.1 Å². The molecule has 0 fully saturated rings. The van der Waals surface area contributed by atoms with Gasteiger partial charge in [-0.25, -0.2) is 4.98 Å². The molecule has 6 nitrogen and oxygen atoms in total. The zero-order valence-electron chi connectivity index (χ0n) is 18.3. The van der Waals surface area contributed by atoms with Crippen LogP contribution in [0.25, 0.3) is 11.0 Å². The molecule has 0 radical (unpaired) electrons. The number of amides is 2. The van der Waals surface area contributed by atoms with E-state index in [1.807, 2.05) is 42.7 Å². The molecule has 6 heteroatoms. The molecule has 2 aromatic rings. The van der Waals surface area contributed by atoms with Crippen LogP contribution in [0.3, 0.4) is 0 Å². The number of fused-ring (bicyclic) bond motifs is 1. The van der Waals surface area contributed by atoms with E-state index in [0.717, 1.165) is 36.1 Å². The molecule has 0 saturated heterocycles. The molecule has 0 atom stereocenters. The summed E-state index contributed by atoms with van der Waals surface area (Å²) in [6.07, 6.45) is 6.60. The van der Waals surface area contributed by atoms with Crippen molar-refractivity contribution in [2.24, 2.45) is 5.92 Å². The van der Waals surface area contributed by atoms with Crippen molar-refractivity contribution >= 4 is 22.8 Å². The average Bonchev–Trinajstić information content (AvgIpc) is 3.09. The number of aryl methyl sites for hydroxylation is 1. The Kier molecular flexibility index (Phi) is 9.32. The summed E-state index contributed by atoms with van der Waals surface area (Å²) in [5, 5.41) is 3.03. The number of para-hydroxylation sites is 2. The lowest BCUT2D eigenvalue weighted by Crippen LogP contribution is -2.34. The van der Waals surface area contributed by atoms with E-state index >= 15 is 0 Å². The summed E-state index contributed by atoms with van der Waals surface area (Å²) < 4.78 is 1.99. The van der Waals surface area contributed by atoms with Crippen molar-refractivity contribution in [3.63, 3.8) is 0 Å². The zero-order chi connectivity index (χ0) is 21.9. The molecule has 0 aliphatic rings. The Hall–Kier alpha value is -2.89. The number of nitrogens with one attached hydrogen (secondary N) is 1. The van der Waals surface area contributed by atoms with Gasteiger partial charge in [-0.2, -0.15) is 0 Å². The minimum absolute atomic E-state index is 0.00115. The fraction of sp³-hybridized carbons (Fsp3) is 0.458. The highest BCUT2D eigenvalue weighted by molar-refractivity contribution is 5.81. The van der Waals surface area contributed by atoms with Crippen LogP contribution in [-0.4, -0.2) is 45.9 Å². The Morgan fingerprint density at radius 3 is 2.47 bits per heavy atom. The molecular weight excluding hydrogens is 376 g/mol. The Morgan fingerprint density at radius 1 is 1.17 bits per heavy atom. The average molecular weight is 411 g/mol. The SMILES string of the molecule is C=CCN(CC=C)C(=O)Cn1c(CCCNC(=O)C(CC)CC)nc2ccccc21. The second-order valence-electron chi connectivity index (χ2n) is 7.39. The highest BCUT2D eigenvalue weighted by Gasteiger charge is 2.17. The predicted molar refractivity (Wildman–Crippen MR) is 122 cm³/mol. The minimum atomic E-state index is 0.00115. The predicted octanol–water partition coefficient (Wildman–Crippen LogP) is 3.72. The van der Waals surface area contributed by atoms with Gasteiger partial charge in [-0.15, -0.1) is 13.2 Å². The van der Waals surface area contributed by atoms with Gasteiger partial charge in [0.25, 0.3) is 0 Å². The zero-order valence-corrected chi connectivity index (χ0v) is 18.3. The van der Waals surface area contributed by atoms with E-state index in [1.54, 1.807) is 17.1 Å². The smallest absolute Gasteiger partial charge is 0.243 e. The third-order valence-electron chi connectivity index (χ3n) is 5.31. The Bertz CT molecular complexity index is 857. The second-order valence-corrected chi connectivity index (χ2v) is 7.39. The third-order valence-corrected chi connectivity index (χ3v) is 5.31. The first-order valence-corrected chi connectivity index (χ1v) is 10.8. The van der Waals surface area contributed by atoms with Crippen molar-refractivity contribution in [1.82, 2.24) is 19.8 Å². The maximum Gasteiger partial charge on any atom is 0.243 e. The van der Waals surface area contributed by atoms with Gasteiger partial charge in [-0.3, -0.25) is 9.59 Å². The Morgan fingerprint density at radius 2 is 1.83 bits per heavy atom. The van der Waals surface area contributed by atoms with Gasteiger partial charge in [-0.05, 0) is 31.4 Å². The Balaban J connectivity index is 2.10. The second kappa shape index (κ2) is 12.0. The number of rotatable bonds is 13. The molecule has 1 aromatic heterocycles. The van der Waals surface area contributed by atoms with Crippen LogP contribution < -0.4 is 5.32 Å². The lowest BCUT2D eigenvalue weighted by molar-refractivity contribution is -0.130. The summed E-state index contributed by atoms with van der Waals surface area (Å²) in [6, 6.07) is 7.85. The normalized spacial score (nSPS) is 10.9. The molecule has 1 aromatic carbocycles. The van der Waals surface area contributed by atoms with Crippen LogP contribution in [-0.2, 0) is 22.6 Å². The fourth-order valence-electron chi connectivity index (χ4n) is 3.58. The lowest BCUT2D eigenvalue weighted by Gasteiger charge is -2.20. The minimum Gasteiger partial charge on any atom is -0.356 e. The van der Waals surface area contributed by atoms with E-state index in [9.17, 15) is 9.59 Å². The largest absolute Gasteiger partial charge is 0.356 e. The molecular formula is C24H34N4O2. The first-order valence-electron chi connectivity index (χ1n) is 10.8. The topological polar surface area (TPSA) is 67.2 Å². The molecule has 1 heterocycles. The molecule has 0 aliphatic carbocycles. The summed E-state index contributed by atoms with van der Waals surface area (Å²) in [5.41, 5.74) is 1.82. The van der Waals surface area contributed by atoms with Crippen molar-refractivity contribution in [1.29, 1.82) is 0 Å². The summed E-state index contributed by atoms with van der Waals surface area (Å²) in [4.78, 5) is 31.5. The van der Waals surface area contributed by atoms with Crippen LogP contribution >= 0.6 is 0 Å². The number of benzene rings is 1. The van der Waals surface area contributed by atoms with Crippen LogP contribution in [0.1, 0.15) is 38.9 Å². The van der Waals surface area contributed by atoms with Crippen molar-refractivity contribution in [2.45, 2.75) is 46.1 Å². The van der Waals surface area contributed by atoms with Crippen molar-refractivity contribution in [3.05, 3.63) is 55.4 Å². The van der Waals surface area contributed by atoms with E-state index in [4.69, 9.17) is 4.98 Å². The van der Waals surface area contributed by atoms with Crippen molar-refractivity contribution in [3.8, 4) is 0 Å². The lowest BCUT2D eigenvalue weighted by atomic mass is 10.0. The van der Waals surface area contributed by atoms with Gasteiger partial charge in [0.2, 0.25) is 11.8 Å². The molecule has 2 amide bonds. The maximum atomic E-state index is 12.9. The number of carbonyl (C=O) groups excluding carboxylic acids is 2. The van der Waals surface area contributed by atoms with Gasteiger partial charge in [0.15, 0.2) is 0 Å². The van der Waals surface area contributed by atoms with Gasteiger partial charge < -0.3 is 14.8 Å². The summed E-state index contributed by atoms with van der Waals surface area (Å²) in [6.45, 7) is 13.3.